The second-order valence-electron chi connectivity index (χ2n) is 10.4. The number of fused-ring (bicyclic) bond motifs is 1. The molecule has 6 unspecified atom stereocenters. The van der Waals surface area contributed by atoms with Crippen LogP contribution in [0, 0.1) is 29.6 Å². The summed E-state index contributed by atoms with van der Waals surface area (Å²) in [5, 5.41) is 32.6. The molecule has 0 saturated carbocycles. The summed E-state index contributed by atoms with van der Waals surface area (Å²) in [5.41, 5.74) is 7.81. The zero-order valence-corrected chi connectivity index (χ0v) is 21.7. The number of allylic oxidation sites excluding steroid dienone is 2. The lowest BCUT2D eigenvalue weighted by Gasteiger charge is -2.31. The molecule has 0 bridgehead atoms. The molecule has 6 atom stereocenters. The molecule has 5 N–H and O–H groups in total. The molecule has 0 spiro atoms. The summed E-state index contributed by atoms with van der Waals surface area (Å²) < 4.78 is 5.93. The molecule has 4 rings (SSSR count). The van der Waals surface area contributed by atoms with Gasteiger partial charge in [0.25, 0.3) is 0 Å². The number of aliphatic hydroxyl groups is 2. The van der Waals surface area contributed by atoms with Crippen molar-refractivity contribution in [2.75, 3.05) is 12.3 Å². The van der Waals surface area contributed by atoms with Gasteiger partial charge in [0.05, 0.1) is 18.8 Å². The second-order valence-corrected chi connectivity index (χ2v) is 10.4. The minimum Gasteiger partial charge on any atom is -0.504 e. The van der Waals surface area contributed by atoms with Gasteiger partial charge in [0.2, 0.25) is 0 Å². The summed E-state index contributed by atoms with van der Waals surface area (Å²) in [7, 11) is 0. The Kier molecular flexibility index (Phi) is 9.49. The van der Waals surface area contributed by atoms with E-state index in [1.165, 1.54) is 0 Å². The number of aromatic nitrogens is 1. The summed E-state index contributed by atoms with van der Waals surface area (Å²) in [6.07, 6.45) is 11.5. The molecule has 1 aromatic carbocycles. The highest BCUT2D eigenvalue weighted by atomic mass is 16.5. The molecule has 2 aliphatic carbocycles. The highest BCUT2D eigenvalue weighted by Gasteiger charge is 2.36. The molecule has 6 heteroatoms. The van der Waals surface area contributed by atoms with Crippen molar-refractivity contribution in [3.8, 4) is 23.3 Å². The van der Waals surface area contributed by atoms with E-state index >= 15 is 0 Å². The molecule has 6 nitrogen and oxygen atoms in total. The number of phenolic OH excluding ortho intramolecular Hbond substituents is 1. The molecule has 37 heavy (non-hydrogen) atoms. The number of ether oxygens (including phenoxy) is 1. The van der Waals surface area contributed by atoms with Crippen molar-refractivity contribution in [1.82, 2.24) is 4.98 Å². The highest BCUT2D eigenvalue weighted by Crippen LogP contribution is 2.38. The fourth-order valence-corrected chi connectivity index (χ4v) is 5.52. The van der Waals surface area contributed by atoms with Crippen LogP contribution in [0.4, 0.5) is 5.82 Å². The molecule has 198 valence electrons. The van der Waals surface area contributed by atoms with Crippen molar-refractivity contribution < 1.29 is 20.1 Å². The van der Waals surface area contributed by atoms with Crippen molar-refractivity contribution >= 4 is 5.82 Å². The maximum absolute atomic E-state index is 11.3. The number of rotatable bonds is 7. The lowest BCUT2D eigenvalue weighted by atomic mass is 9.79. The normalized spacial score (nSPS) is 27.9. The fraction of sp³-hybridized carbons (Fsp3) is 0.516. The molecule has 0 saturated heterocycles. The third-order valence-electron chi connectivity index (χ3n) is 7.72. The van der Waals surface area contributed by atoms with Crippen LogP contribution >= 0.6 is 0 Å². The minimum atomic E-state index is -0.681. The largest absolute Gasteiger partial charge is 0.504 e. The lowest BCUT2D eigenvalue weighted by Crippen LogP contribution is -2.36. The molecule has 2 aliphatic rings. The Morgan fingerprint density at radius 3 is 2.70 bits per heavy atom. The van der Waals surface area contributed by atoms with Crippen LogP contribution in [-0.4, -0.2) is 39.1 Å². The van der Waals surface area contributed by atoms with Gasteiger partial charge in [0.1, 0.15) is 5.82 Å². The van der Waals surface area contributed by atoms with Crippen molar-refractivity contribution in [3.05, 3.63) is 59.8 Å². The first-order valence-corrected chi connectivity index (χ1v) is 13.7. The Hall–Kier alpha value is -3.01. The van der Waals surface area contributed by atoms with Crippen molar-refractivity contribution in [1.29, 1.82) is 0 Å². The van der Waals surface area contributed by atoms with Crippen LogP contribution < -0.4 is 10.5 Å². The van der Waals surface area contributed by atoms with Gasteiger partial charge in [-0.05, 0) is 73.9 Å². The van der Waals surface area contributed by atoms with Gasteiger partial charge in [-0.2, -0.15) is 0 Å². The number of phenols is 1. The summed E-state index contributed by atoms with van der Waals surface area (Å²) >= 11 is 0. The second kappa shape index (κ2) is 13.0. The Labute approximate surface area is 220 Å². The van der Waals surface area contributed by atoms with Gasteiger partial charge >= 0.3 is 0 Å². The average Bonchev–Trinajstić information content (AvgIpc) is 3.05. The first-order chi connectivity index (χ1) is 17.9. The number of nitrogens with two attached hydrogens (primary N) is 1. The zero-order valence-electron chi connectivity index (χ0n) is 21.7. The van der Waals surface area contributed by atoms with Gasteiger partial charge in [0.15, 0.2) is 11.5 Å². The highest BCUT2D eigenvalue weighted by molar-refractivity contribution is 5.44. The lowest BCUT2D eigenvalue weighted by molar-refractivity contribution is -0.00705. The Morgan fingerprint density at radius 1 is 1.05 bits per heavy atom. The number of aromatic hydroxyl groups is 1. The number of nitrogens with zero attached hydrogens (tertiary/aromatic N) is 1. The summed E-state index contributed by atoms with van der Waals surface area (Å²) in [6.45, 7) is 2.62. The average molecular weight is 505 g/mol. The third kappa shape index (κ3) is 7.28. The van der Waals surface area contributed by atoms with Crippen LogP contribution in [0.25, 0.3) is 0 Å². The van der Waals surface area contributed by atoms with Crippen molar-refractivity contribution in [3.63, 3.8) is 0 Å². The SMILES string of the molecule is CCC1C#CC2C=CC(c3ccc(O)c(OCCCc4ccnc(N)c4)c3)CC(O)C2C(O)CCCC1. The smallest absolute Gasteiger partial charge is 0.161 e. The van der Waals surface area contributed by atoms with E-state index < -0.39 is 12.2 Å². The van der Waals surface area contributed by atoms with E-state index in [4.69, 9.17) is 10.5 Å². The quantitative estimate of drug-likeness (QED) is 0.241. The zero-order chi connectivity index (χ0) is 26.2. The monoisotopic (exact) mass is 504 g/mol. The van der Waals surface area contributed by atoms with E-state index in [0.29, 0.717) is 36.9 Å². The van der Waals surface area contributed by atoms with E-state index in [1.807, 2.05) is 24.3 Å². The van der Waals surface area contributed by atoms with Gasteiger partial charge in [-0.25, -0.2) is 4.98 Å². The number of pyridine rings is 1. The molecular formula is C31H40N2O4. The van der Waals surface area contributed by atoms with Gasteiger partial charge < -0.3 is 25.8 Å². The van der Waals surface area contributed by atoms with Crippen LogP contribution in [0.5, 0.6) is 11.5 Å². The molecule has 0 aliphatic heterocycles. The number of benzene rings is 1. The predicted molar refractivity (Wildman–Crippen MR) is 146 cm³/mol. The van der Waals surface area contributed by atoms with Gasteiger partial charge in [-0.3, -0.25) is 0 Å². The number of hydrogen-bond donors (Lipinski definition) is 4. The number of hydrogen-bond acceptors (Lipinski definition) is 6. The van der Waals surface area contributed by atoms with E-state index in [0.717, 1.165) is 49.7 Å². The van der Waals surface area contributed by atoms with Crippen LogP contribution in [0.3, 0.4) is 0 Å². The number of aryl methyl sites for hydroxylation is 1. The Morgan fingerprint density at radius 2 is 1.89 bits per heavy atom. The van der Waals surface area contributed by atoms with Crippen molar-refractivity contribution in [2.45, 2.75) is 76.4 Å². The third-order valence-corrected chi connectivity index (χ3v) is 7.72. The van der Waals surface area contributed by atoms with Crippen LogP contribution in [0.15, 0.2) is 48.7 Å². The van der Waals surface area contributed by atoms with E-state index in [-0.39, 0.29) is 23.5 Å². The first kappa shape index (κ1) is 27.0. The molecular weight excluding hydrogens is 464 g/mol. The van der Waals surface area contributed by atoms with Gasteiger partial charge in [-0.1, -0.05) is 49.8 Å². The minimum absolute atomic E-state index is 0.0636. The van der Waals surface area contributed by atoms with Crippen LogP contribution in [0.2, 0.25) is 0 Å². The van der Waals surface area contributed by atoms with E-state index in [1.54, 1.807) is 12.3 Å². The Bertz CT molecular complexity index is 1120. The Balaban J connectivity index is 1.46. The number of anilines is 1. The van der Waals surface area contributed by atoms with E-state index in [9.17, 15) is 15.3 Å². The van der Waals surface area contributed by atoms with Gasteiger partial charge in [0, 0.05) is 29.9 Å². The van der Waals surface area contributed by atoms with Crippen LogP contribution in [0.1, 0.15) is 68.9 Å². The van der Waals surface area contributed by atoms with Crippen LogP contribution in [-0.2, 0) is 6.42 Å². The fourth-order valence-electron chi connectivity index (χ4n) is 5.52. The molecule has 0 amide bonds. The maximum atomic E-state index is 11.3. The summed E-state index contributed by atoms with van der Waals surface area (Å²) in [5.74, 6) is 7.68. The molecule has 0 fully saturated rings. The molecule has 0 radical (unpaired) electrons. The molecule has 2 aromatic rings. The summed E-state index contributed by atoms with van der Waals surface area (Å²) in [6, 6.07) is 9.18. The topological polar surface area (TPSA) is 109 Å². The first-order valence-electron chi connectivity index (χ1n) is 13.7. The number of nitrogen functional groups attached to an aromatic ring is 1. The standard InChI is InChI=1S/C31H40N2O4/c1-2-21-6-3-4-8-27(35)31-23(10-9-21)11-12-24(19-28(31)36)25-13-14-26(34)29(20-25)37-17-5-7-22-15-16-33-30(32)18-22/h11-16,18,20-21,23-24,27-28,31,34-36H,2-8,17,19H2,1H3,(H2,32,33). The predicted octanol–water partition coefficient (Wildman–Crippen LogP) is 4.98. The molecule has 1 heterocycles. The number of aliphatic hydroxyl groups excluding tert-OH is 2. The maximum Gasteiger partial charge on any atom is 0.161 e. The van der Waals surface area contributed by atoms with Crippen molar-refractivity contribution in [2.24, 2.45) is 17.8 Å². The van der Waals surface area contributed by atoms with Gasteiger partial charge in [-0.15, -0.1) is 0 Å². The molecule has 1 aromatic heterocycles. The summed E-state index contributed by atoms with van der Waals surface area (Å²) in [4.78, 5) is 4.01. The van der Waals surface area contributed by atoms with E-state index in [2.05, 4.69) is 35.9 Å².